The van der Waals surface area contributed by atoms with E-state index in [1.165, 1.54) is 0 Å². The molecular weight excluding hydrogens is 274 g/mol. The van der Waals surface area contributed by atoms with Crippen LogP contribution in [-0.2, 0) is 6.42 Å². The summed E-state index contributed by atoms with van der Waals surface area (Å²) in [5.74, 6) is 0. The number of pyridine rings is 1. The van der Waals surface area contributed by atoms with Gasteiger partial charge in [0.25, 0.3) is 0 Å². The predicted molar refractivity (Wildman–Crippen MR) is 64.9 cm³/mol. The number of aliphatic hydroxyl groups excluding tert-OH is 1. The van der Waals surface area contributed by atoms with E-state index in [4.69, 9.17) is 0 Å². The summed E-state index contributed by atoms with van der Waals surface area (Å²) in [6.45, 7) is 0. The van der Waals surface area contributed by atoms with Crippen molar-refractivity contribution in [3.05, 3.63) is 50.9 Å². The minimum atomic E-state index is -0.455. The molecule has 0 aliphatic heterocycles. The van der Waals surface area contributed by atoms with E-state index in [1.807, 2.05) is 23.6 Å². The van der Waals surface area contributed by atoms with Crippen LogP contribution in [0.2, 0.25) is 0 Å². The maximum atomic E-state index is 10.00. The zero-order chi connectivity index (χ0) is 10.7. The minimum absolute atomic E-state index is 0.455. The summed E-state index contributed by atoms with van der Waals surface area (Å²) in [4.78, 5) is 4.99. The van der Waals surface area contributed by atoms with Crippen molar-refractivity contribution >= 4 is 27.3 Å². The average molecular weight is 284 g/mol. The van der Waals surface area contributed by atoms with Crippen LogP contribution in [0.3, 0.4) is 0 Å². The van der Waals surface area contributed by atoms with Crippen molar-refractivity contribution in [3.63, 3.8) is 0 Å². The van der Waals surface area contributed by atoms with Gasteiger partial charge in [-0.1, -0.05) is 6.07 Å². The molecule has 0 fully saturated rings. The molecule has 0 aliphatic carbocycles. The monoisotopic (exact) mass is 283 g/mol. The molecule has 0 saturated heterocycles. The number of rotatable bonds is 3. The van der Waals surface area contributed by atoms with Crippen LogP contribution < -0.4 is 0 Å². The molecule has 2 aromatic rings. The van der Waals surface area contributed by atoms with Gasteiger partial charge in [-0.25, -0.2) is 0 Å². The summed E-state index contributed by atoms with van der Waals surface area (Å²) in [7, 11) is 0. The summed E-state index contributed by atoms with van der Waals surface area (Å²) in [5.41, 5.74) is 1.05. The highest BCUT2D eigenvalue weighted by Gasteiger charge is 2.13. The molecule has 2 aromatic heterocycles. The fourth-order valence-electron chi connectivity index (χ4n) is 1.38. The van der Waals surface area contributed by atoms with Crippen LogP contribution >= 0.6 is 27.3 Å². The third-order valence-electron chi connectivity index (χ3n) is 2.10. The van der Waals surface area contributed by atoms with Crippen LogP contribution in [-0.4, -0.2) is 10.1 Å². The Balaban J connectivity index is 2.11. The number of halogens is 1. The van der Waals surface area contributed by atoms with Crippen LogP contribution in [0.4, 0.5) is 0 Å². The Morgan fingerprint density at radius 1 is 1.47 bits per heavy atom. The van der Waals surface area contributed by atoms with Crippen molar-refractivity contribution in [2.75, 3.05) is 0 Å². The first-order chi connectivity index (χ1) is 7.27. The highest BCUT2D eigenvalue weighted by atomic mass is 79.9. The van der Waals surface area contributed by atoms with Crippen LogP contribution in [0.15, 0.2) is 40.4 Å². The first-order valence-electron chi connectivity index (χ1n) is 4.57. The van der Waals surface area contributed by atoms with Gasteiger partial charge >= 0.3 is 0 Å². The van der Waals surface area contributed by atoms with Gasteiger partial charge in [0, 0.05) is 28.2 Å². The lowest BCUT2D eigenvalue weighted by Crippen LogP contribution is -2.00. The number of aromatic nitrogens is 1. The SMILES string of the molecule is OC(Cc1cccnc1)c1sccc1Br. The third-order valence-corrected chi connectivity index (χ3v) is 4.07. The maximum Gasteiger partial charge on any atom is 0.0934 e. The first-order valence-corrected chi connectivity index (χ1v) is 6.24. The van der Waals surface area contributed by atoms with E-state index in [0.717, 1.165) is 14.9 Å². The lowest BCUT2D eigenvalue weighted by atomic mass is 10.1. The van der Waals surface area contributed by atoms with Gasteiger partial charge in [-0.15, -0.1) is 11.3 Å². The van der Waals surface area contributed by atoms with Crippen LogP contribution in [0.1, 0.15) is 16.5 Å². The molecular formula is C11H10BrNOS. The van der Waals surface area contributed by atoms with Crippen molar-refractivity contribution in [3.8, 4) is 0 Å². The van der Waals surface area contributed by atoms with Crippen molar-refractivity contribution in [1.82, 2.24) is 4.98 Å². The minimum Gasteiger partial charge on any atom is -0.387 e. The summed E-state index contributed by atoms with van der Waals surface area (Å²) < 4.78 is 0.976. The molecule has 0 bridgehead atoms. The molecule has 0 saturated carbocycles. The molecule has 1 unspecified atom stereocenters. The largest absolute Gasteiger partial charge is 0.387 e. The summed E-state index contributed by atoms with van der Waals surface area (Å²) in [6, 6.07) is 5.80. The molecule has 1 atom stereocenters. The number of hydrogen-bond acceptors (Lipinski definition) is 3. The van der Waals surface area contributed by atoms with Gasteiger partial charge in [0.05, 0.1) is 6.10 Å². The molecule has 2 rings (SSSR count). The van der Waals surface area contributed by atoms with Gasteiger partial charge in [0.1, 0.15) is 0 Å². The Bertz CT molecular complexity index is 429. The summed E-state index contributed by atoms with van der Waals surface area (Å²) in [5, 5.41) is 12.0. The van der Waals surface area contributed by atoms with Gasteiger partial charge in [0.15, 0.2) is 0 Å². The Labute approximate surface area is 101 Å². The van der Waals surface area contributed by atoms with Gasteiger partial charge < -0.3 is 5.11 Å². The lowest BCUT2D eigenvalue weighted by molar-refractivity contribution is 0.181. The Morgan fingerprint density at radius 3 is 2.93 bits per heavy atom. The molecule has 0 aliphatic rings. The standard InChI is InChI=1S/C11H10BrNOS/c12-9-3-5-15-11(9)10(14)6-8-2-1-4-13-7-8/h1-5,7,10,14H,6H2. The van der Waals surface area contributed by atoms with Crippen LogP contribution in [0, 0.1) is 0 Å². The summed E-state index contributed by atoms with van der Waals surface area (Å²) >= 11 is 4.97. The Hall–Kier alpha value is -0.710. The lowest BCUT2D eigenvalue weighted by Gasteiger charge is -2.08. The highest BCUT2D eigenvalue weighted by Crippen LogP contribution is 2.30. The quantitative estimate of drug-likeness (QED) is 0.939. The molecule has 15 heavy (non-hydrogen) atoms. The van der Waals surface area contributed by atoms with E-state index in [1.54, 1.807) is 23.7 Å². The van der Waals surface area contributed by atoms with Crippen LogP contribution in [0.25, 0.3) is 0 Å². The Kier molecular flexibility index (Phi) is 3.51. The molecule has 0 radical (unpaired) electrons. The molecule has 0 amide bonds. The van der Waals surface area contributed by atoms with E-state index >= 15 is 0 Å². The number of aliphatic hydroxyl groups is 1. The highest BCUT2D eigenvalue weighted by molar-refractivity contribution is 9.10. The third kappa shape index (κ3) is 2.65. The second kappa shape index (κ2) is 4.88. The predicted octanol–water partition coefficient (Wildman–Crippen LogP) is 3.18. The fraction of sp³-hybridized carbons (Fsp3) is 0.182. The molecule has 0 aromatic carbocycles. The average Bonchev–Trinajstić information content (AvgIpc) is 2.66. The van der Waals surface area contributed by atoms with Crippen molar-refractivity contribution < 1.29 is 5.11 Å². The van der Waals surface area contributed by atoms with E-state index in [2.05, 4.69) is 20.9 Å². The number of nitrogens with zero attached hydrogens (tertiary/aromatic N) is 1. The second-order valence-electron chi connectivity index (χ2n) is 3.21. The molecule has 1 N–H and O–H groups in total. The van der Waals surface area contributed by atoms with Gasteiger partial charge in [-0.3, -0.25) is 4.98 Å². The normalized spacial score (nSPS) is 12.7. The van der Waals surface area contributed by atoms with E-state index in [-0.39, 0.29) is 0 Å². The van der Waals surface area contributed by atoms with E-state index in [0.29, 0.717) is 6.42 Å². The Morgan fingerprint density at radius 2 is 2.33 bits per heavy atom. The number of hydrogen-bond donors (Lipinski definition) is 1. The first kappa shape index (κ1) is 10.8. The van der Waals surface area contributed by atoms with Crippen LogP contribution in [0.5, 0.6) is 0 Å². The van der Waals surface area contributed by atoms with Gasteiger partial charge in [-0.2, -0.15) is 0 Å². The van der Waals surface area contributed by atoms with Gasteiger partial charge in [-0.05, 0) is 39.0 Å². The van der Waals surface area contributed by atoms with Crippen molar-refractivity contribution in [1.29, 1.82) is 0 Å². The van der Waals surface area contributed by atoms with E-state index < -0.39 is 6.10 Å². The van der Waals surface area contributed by atoms with Crippen molar-refractivity contribution in [2.24, 2.45) is 0 Å². The molecule has 4 heteroatoms. The van der Waals surface area contributed by atoms with Gasteiger partial charge in [0.2, 0.25) is 0 Å². The van der Waals surface area contributed by atoms with E-state index in [9.17, 15) is 5.11 Å². The fourth-order valence-corrected chi connectivity index (χ4v) is 3.00. The molecule has 2 heterocycles. The molecule has 0 spiro atoms. The molecule has 2 nitrogen and oxygen atoms in total. The zero-order valence-corrected chi connectivity index (χ0v) is 10.3. The number of thiophene rings is 1. The molecule has 78 valence electrons. The zero-order valence-electron chi connectivity index (χ0n) is 7.93. The summed E-state index contributed by atoms with van der Waals surface area (Å²) in [6.07, 6.45) is 3.66. The smallest absolute Gasteiger partial charge is 0.0934 e. The second-order valence-corrected chi connectivity index (χ2v) is 5.02. The van der Waals surface area contributed by atoms with Crippen molar-refractivity contribution in [2.45, 2.75) is 12.5 Å². The topological polar surface area (TPSA) is 33.1 Å². The maximum absolute atomic E-state index is 10.00.